The summed E-state index contributed by atoms with van der Waals surface area (Å²) < 4.78 is 17.6. The fourth-order valence-corrected chi connectivity index (χ4v) is 5.18. The van der Waals surface area contributed by atoms with Crippen LogP contribution in [0.4, 0.5) is 0 Å². The van der Waals surface area contributed by atoms with Crippen molar-refractivity contribution in [3.05, 3.63) is 0 Å². The molecule has 0 amide bonds. The number of carbonyl (C=O) groups excluding carboxylic acids is 1. The summed E-state index contributed by atoms with van der Waals surface area (Å²) in [6.45, 7) is 5.86. The summed E-state index contributed by atoms with van der Waals surface area (Å²) in [7, 11) is 0. The molecular weight excluding hydrogens is 356 g/mol. The van der Waals surface area contributed by atoms with Crippen LogP contribution in [0.1, 0.15) is 46.5 Å². The lowest BCUT2D eigenvalue weighted by atomic mass is 9.61. The molecule has 1 aliphatic carbocycles. The number of ketones is 1. The SMILES string of the molecule is CC(=O)CCC1[C@]2(C)CO[C@@]1(C)CC(OC1OC(CO)C(O)C(O)C1O)C2. The van der Waals surface area contributed by atoms with E-state index in [1.54, 1.807) is 6.92 Å². The summed E-state index contributed by atoms with van der Waals surface area (Å²) in [5.41, 5.74) is -0.581. The molecule has 2 bridgehead atoms. The van der Waals surface area contributed by atoms with Gasteiger partial charge in [-0.05, 0) is 38.0 Å². The Bertz CT molecular complexity index is 534. The number of rotatable bonds is 6. The van der Waals surface area contributed by atoms with Crippen molar-refractivity contribution in [2.24, 2.45) is 11.3 Å². The first-order valence-electron chi connectivity index (χ1n) is 9.69. The zero-order valence-corrected chi connectivity index (χ0v) is 16.2. The fraction of sp³-hybridized carbons (Fsp3) is 0.947. The lowest BCUT2D eigenvalue weighted by Crippen LogP contribution is -2.60. The lowest BCUT2D eigenvalue weighted by Gasteiger charge is -2.47. The molecule has 2 saturated heterocycles. The average Bonchev–Trinajstić information content (AvgIpc) is 2.74. The van der Waals surface area contributed by atoms with Gasteiger partial charge < -0.3 is 39.4 Å². The minimum atomic E-state index is -1.45. The highest BCUT2D eigenvalue weighted by atomic mass is 16.7. The zero-order chi connectivity index (χ0) is 20.0. The molecule has 0 radical (unpaired) electrons. The van der Waals surface area contributed by atoms with Crippen LogP contribution < -0.4 is 0 Å². The van der Waals surface area contributed by atoms with Crippen molar-refractivity contribution in [3.8, 4) is 0 Å². The molecule has 0 spiro atoms. The third-order valence-electron chi connectivity index (χ3n) is 6.60. The van der Waals surface area contributed by atoms with E-state index in [-0.39, 0.29) is 23.2 Å². The van der Waals surface area contributed by atoms with Crippen LogP contribution in [-0.4, -0.2) is 81.8 Å². The maximum atomic E-state index is 11.4. The Labute approximate surface area is 159 Å². The maximum absolute atomic E-state index is 11.4. The second kappa shape index (κ2) is 7.67. The number of Topliss-reactive ketones (excluding diaryl/α,β-unsaturated/α-hetero) is 1. The highest BCUT2D eigenvalue weighted by Crippen LogP contribution is 2.56. The molecule has 9 atom stereocenters. The molecule has 8 nitrogen and oxygen atoms in total. The van der Waals surface area contributed by atoms with E-state index in [9.17, 15) is 25.2 Å². The lowest BCUT2D eigenvalue weighted by molar-refractivity contribution is -0.317. The van der Waals surface area contributed by atoms with Crippen molar-refractivity contribution in [1.29, 1.82) is 0 Å². The van der Waals surface area contributed by atoms with Gasteiger partial charge in [0.05, 0.1) is 24.9 Å². The molecule has 8 heteroatoms. The largest absolute Gasteiger partial charge is 0.394 e. The Balaban J connectivity index is 1.69. The molecule has 3 fully saturated rings. The highest BCUT2D eigenvalue weighted by Gasteiger charge is 2.59. The van der Waals surface area contributed by atoms with Gasteiger partial charge in [0, 0.05) is 12.8 Å². The van der Waals surface area contributed by atoms with Gasteiger partial charge in [0.1, 0.15) is 30.2 Å². The summed E-state index contributed by atoms with van der Waals surface area (Å²) in [6, 6.07) is 0. The fourth-order valence-electron chi connectivity index (χ4n) is 5.18. The van der Waals surface area contributed by atoms with Crippen molar-refractivity contribution in [2.75, 3.05) is 13.2 Å². The van der Waals surface area contributed by atoms with E-state index in [2.05, 4.69) is 6.92 Å². The number of hydrogen-bond acceptors (Lipinski definition) is 8. The van der Waals surface area contributed by atoms with Crippen molar-refractivity contribution in [3.63, 3.8) is 0 Å². The second-order valence-corrected chi connectivity index (χ2v) is 8.91. The summed E-state index contributed by atoms with van der Waals surface area (Å²) in [5.74, 6) is 0.407. The van der Waals surface area contributed by atoms with Crippen LogP contribution >= 0.6 is 0 Å². The number of ether oxygens (including phenoxy) is 3. The molecule has 3 aliphatic rings. The van der Waals surface area contributed by atoms with Gasteiger partial charge in [-0.2, -0.15) is 0 Å². The van der Waals surface area contributed by atoms with Crippen LogP contribution in [0.3, 0.4) is 0 Å². The third kappa shape index (κ3) is 3.94. The van der Waals surface area contributed by atoms with Gasteiger partial charge in [-0.3, -0.25) is 0 Å². The van der Waals surface area contributed by atoms with Gasteiger partial charge in [0.2, 0.25) is 0 Å². The Kier molecular flexibility index (Phi) is 5.99. The summed E-state index contributed by atoms with van der Waals surface area (Å²) >= 11 is 0. The van der Waals surface area contributed by atoms with Gasteiger partial charge in [-0.15, -0.1) is 0 Å². The second-order valence-electron chi connectivity index (χ2n) is 8.91. The average molecular weight is 388 g/mol. The van der Waals surface area contributed by atoms with Crippen LogP contribution in [0, 0.1) is 11.3 Å². The van der Waals surface area contributed by atoms with Gasteiger partial charge in [0.15, 0.2) is 6.29 Å². The van der Waals surface area contributed by atoms with E-state index in [1.165, 1.54) is 0 Å². The standard InChI is InChI=1S/C19H32O8/c1-10(21)4-5-13-18(2)6-11(7-19(13,3)25-9-18)26-17-16(24)15(23)14(22)12(8-20)27-17/h11-17,20,22-24H,4-9H2,1-3H3/t11?,12?,13?,14?,15?,16?,17?,18-,19-/m0/s1. The van der Waals surface area contributed by atoms with E-state index < -0.39 is 42.9 Å². The first-order valence-corrected chi connectivity index (χ1v) is 9.69. The number of aliphatic hydroxyl groups is 4. The molecule has 0 aromatic heterocycles. The van der Waals surface area contributed by atoms with E-state index in [1.807, 2.05) is 6.92 Å². The molecule has 3 rings (SSSR count). The molecule has 1 saturated carbocycles. The van der Waals surface area contributed by atoms with Gasteiger partial charge >= 0.3 is 0 Å². The quantitative estimate of drug-likeness (QED) is 0.491. The maximum Gasteiger partial charge on any atom is 0.186 e. The van der Waals surface area contributed by atoms with Crippen molar-refractivity contribution in [1.82, 2.24) is 0 Å². The smallest absolute Gasteiger partial charge is 0.186 e. The highest BCUT2D eigenvalue weighted by molar-refractivity contribution is 5.75. The predicted octanol–water partition coefficient (Wildman–Crippen LogP) is -0.254. The Morgan fingerprint density at radius 2 is 1.85 bits per heavy atom. The van der Waals surface area contributed by atoms with Crippen LogP contribution in [0.5, 0.6) is 0 Å². The normalized spacial score (nSPS) is 50.0. The van der Waals surface area contributed by atoms with E-state index >= 15 is 0 Å². The molecule has 156 valence electrons. The minimum Gasteiger partial charge on any atom is -0.394 e. The number of fused-ring (bicyclic) bond motifs is 2. The van der Waals surface area contributed by atoms with Crippen LogP contribution in [-0.2, 0) is 19.0 Å². The van der Waals surface area contributed by atoms with Crippen LogP contribution in [0.15, 0.2) is 0 Å². The Morgan fingerprint density at radius 1 is 1.15 bits per heavy atom. The van der Waals surface area contributed by atoms with Crippen LogP contribution in [0.2, 0.25) is 0 Å². The number of hydrogen-bond donors (Lipinski definition) is 4. The number of carbonyl (C=O) groups is 1. The molecule has 27 heavy (non-hydrogen) atoms. The molecular formula is C19H32O8. The monoisotopic (exact) mass is 388 g/mol. The van der Waals surface area contributed by atoms with Gasteiger partial charge in [0.25, 0.3) is 0 Å². The summed E-state index contributed by atoms with van der Waals surface area (Å²) in [6.07, 6.45) is -4.08. The first-order chi connectivity index (χ1) is 12.6. The molecule has 0 aromatic carbocycles. The molecule has 2 heterocycles. The van der Waals surface area contributed by atoms with E-state index in [0.717, 1.165) is 6.42 Å². The summed E-state index contributed by atoms with van der Waals surface area (Å²) in [4.78, 5) is 11.4. The first kappa shape index (κ1) is 21.1. The Hall–Kier alpha value is -0.610. The number of aliphatic hydroxyl groups excluding tert-OH is 4. The molecule has 0 aromatic rings. The topological polar surface area (TPSA) is 126 Å². The Morgan fingerprint density at radius 3 is 2.44 bits per heavy atom. The minimum absolute atomic E-state index is 0.152. The van der Waals surface area contributed by atoms with Crippen LogP contribution in [0.25, 0.3) is 0 Å². The van der Waals surface area contributed by atoms with Crippen molar-refractivity contribution in [2.45, 2.75) is 88.9 Å². The van der Waals surface area contributed by atoms with Gasteiger partial charge in [-0.25, -0.2) is 0 Å². The summed E-state index contributed by atoms with van der Waals surface area (Å²) in [5, 5.41) is 39.4. The van der Waals surface area contributed by atoms with Crippen molar-refractivity contribution >= 4 is 5.78 Å². The van der Waals surface area contributed by atoms with Crippen molar-refractivity contribution < 1.29 is 39.4 Å². The van der Waals surface area contributed by atoms with Gasteiger partial charge in [-0.1, -0.05) is 6.92 Å². The molecule has 4 N–H and O–H groups in total. The molecule has 2 aliphatic heterocycles. The molecule has 7 unspecified atom stereocenters. The third-order valence-corrected chi connectivity index (χ3v) is 6.60. The predicted molar refractivity (Wildman–Crippen MR) is 93.7 cm³/mol. The zero-order valence-electron chi connectivity index (χ0n) is 16.2. The van der Waals surface area contributed by atoms with E-state index in [4.69, 9.17) is 14.2 Å². The van der Waals surface area contributed by atoms with E-state index in [0.29, 0.717) is 25.9 Å².